The van der Waals surface area contributed by atoms with Crippen LogP contribution in [0, 0.1) is 0 Å². The molecule has 1 amide bonds. The lowest BCUT2D eigenvalue weighted by atomic mass is 9.97. The number of aliphatic hydroxyl groups is 1. The summed E-state index contributed by atoms with van der Waals surface area (Å²) in [6.45, 7) is 5.90. The Morgan fingerprint density at radius 2 is 1.81 bits per heavy atom. The molecule has 3 heterocycles. The number of carbonyl (C=O) groups is 1. The average Bonchev–Trinajstić information content (AvgIpc) is 2.80. The van der Waals surface area contributed by atoms with Gasteiger partial charge >= 0.3 is 6.09 Å². The highest BCUT2D eigenvalue weighted by Gasteiger charge is 2.36. The Hall–Kier alpha value is -2.80. The summed E-state index contributed by atoms with van der Waals surface area (Å²) in [4.78, 5) is 20.9. The van der Waals surface area contributed by atoms with Gasteiger partial charge in [-0.2, -0.15) is 0 Å². The third-order valence-electron chi connectivity index (χ3n) is 5.72. The van der Waals surface area contributed by atoms with Crippen molar-refractivity contribution in [1.29, 1.82) is 0 Å². The van der Waals surface area contributed by atoms with Gasteiger partial charge in [0.1, 0.15) is 6.10 Å². The van der Waals surface area contributed by atoms with Gasteiger partial charge in [0.05, 0.1) is 30.6 Å². The number of cyclic esters (lactones) is 1. The summed E-state index contributed by atoms with van der Waals surface area (Å²) >= 11 is 0. The molecule has 0 radical (unpaired) electrons. The largest absolute Gasteiger partial charge is 0.481 e. The molecule has 4 rings (SSSR count). The van der Waals surface area contributed by atoms with Gasteiger partial charge in [-0.1, -0.05) is 36.4 Å². The average molecular weight is 442 g/mol. The van der Waals surface area contributed by atoms with Crippen molar-refractivity contribution in [2.24, 2.45) is 0 Å². The molecule has 2 aromatic rings. The first-order valence-corrected chi connectivity index (χ1v) is 11.3. The third-order valence-corrected chi connectivity index (χ3v) is 5.72. The van der Waals surface area contributed by atoms with Gasteiger partial charge in [0.15, 0.2) is 0 Å². The highest BCUT2D eigenvalue weighted by Crippen LogP contribution is 2.27. The van der Waals surface area contributed by atoms with Gasteiger partial charge in [-0.3, -0.25) is 0 Å². The molecule has 2 saturated heterocycles. The number of piperidine rings is 1. The predicted octanol–water partition coefficient (Wildman–Crippen LogP) is 4.12. The molecule has 0 bridgehead atoms. The number of hydrogen-bond donors (Lipinski definition) is 1. The van der Waals surface area contributed by atoms with Crippen molar-refractivity contribution in [1.82, 2.24) is 9.88 Å². The Bertz CT molecular complexity index is 797. The number of amides is 1. The summed E-state index contributed by atoms with van der Waals surface area (Å²) < 4.78 is 10.7. The maximum Gasteiger partial charge on any atom is 0.410 e. The van der Waals surface area contributed by atoms with Gasteiger partial charge in [0.25, 0.3) is 0 Å². The lowest BCUT2D eigenvalue weighted by Crippen LogP contribution is -2.54. The van der Waals surface area contributed by atoms with E-state index in [0.717, 1.165) is 38.0 Å². The van der Waals surface area contributed by atoms with E-state index in [-0.39, 0.29) is 18.2 Å². The summed E-state index contributed by atoms with van der Waals surface area (Å²) in [6, 6.07) is 16.0. The van der Waals surface area contributed by atoms with Crippen molar-refractivity contribution < 1.29 is 19.4 Å². The number of pyridine rings is 1. The SMILES string of the molecule is COc1ccc(N2CCCC(N3CCC(CC(C)(C)O)OC3=O)C2)cn1.c1ccccc1. The van der Waals surface area contributed by atoms with Crippen LogP contribution in [-0.4, -0.2) is 65.6 Å². The molecule has 1 aromatic heterocycles. The molecular weight excluding hydrogens is 406 g/mol. The Balaban J connectivity index is 0.000000416. The summed E-state index contributed by atoms with van der Waals surface area (Å²) in [5.74, 6) is 0.597. The zero-order valence-electron chi connectivity index (χ0n) is 19.3. The fourth-order valence-electron chi connectivity index (χ4n) is 4.18. The van der Waals surface area contributed by atoms with E-state index in [2.05, 4.69) is 9.88 Å². The van der Waals surface area contributed by atoms with E-state index >= 15 is 0 Å². The molecule has 1 aromatic carbocycles. The van der Waals surface area contributed by atoms with Crippen molar-refractivity contribution in [2.75, 3.05) is 31.6 Å². The number of nitrogens with zero attached hydrogens (tertiary/aromatic N) is 3. The fraction of sp³-hybridized carbons (Fsp3) is 0.520. The number of carbonyl (C=O) groups excluding carboxylic acids is 1. The topological polar surface area (TPSA) is 75.1 Å². The minimum Gasteiger partial charge on any atom is -0.481 e. The van der Waals surface area contributed by atoms with Crippen LogP contribution in [0.1, 0.15) is 39.5 Å². The van der Waals surface area contributed by atoms with Gasteiger partial charge in [0.2, 0.25) is 5.88 Å². The van der Waals surface area contributed by atoms with E-state index in [1.165, 1.54) is 0 Å². The van der Waals surface area contributed by atoms with Crippen molar-refractivity contribution in [3.63, 3.8) is 0 Å². The van der Waals surface area contributed by atoms with Gasteiger partial charge in [-0.05, 0) is 32.8 Å². The first-order valence-electron chi connectivity index (χ1n) is 11.3. The predicted molar refractivity (Wildman–Crippen MR) is 125 cm³/mol. The van der Waals surface area contributed by atoms with Gasteiger partial charge < -0.3 is 24.4 Å². The third kappa shape index (κ3) is 7.12. The van der Waals surface area contributed by atoms with Crippen LogP contribution in [0.2, 0.25) is 0 Å². The first kappa shape index (κ1) is 23.9. The fourth-order valence-corrected chi connectivity index (χ4v) is 4.18. The van der Waals surface area contributed by atoms with Gasteiger partial charge in [-0.25, -0.2) is 9.78 Å². The second-order valence-electron chi connectivity index (χ2n) is 8.96. The number of ether oxygens (including phenoxy) is 2. The maximum absolute atomic E-state index is 12.5. The molecule has 7 heteroatoms. The molecule has 2 aliphatic heterocycles. The molecule has 0 aliphatic carbocycles. The maximum atomic E-state index is 12.5. The molecule has 1 N–H and O–H groups in total. The number of benzene rings is 1. The lowest BCUT2D eigenvalue weighted by molar-refractivity contribution is -0.0327. The van der Waals surface area contributed by atoms with Crippen LogP contribution in [0.4, 0.5) is 10.5 Å². The normalized spacial score (nSPS) is 21.3. The quantitative estimate of drug-likeness (QED) is 0.752. The Labute approximate surface area is 191 Å². The summed E-state index contributed by atoms with van der Waals surface area (Å²) in [7, 11) is 1.60. The highest BCUT2D eigenvalue weighted by molar-refractivity contribution is 5.69. The monoisotopic (exact) mass is 441 g/mol. The van der Waals surface area contributed by atoms with Gasteiger partial charge in [0, 0.05) is 38.5 Å². The second-order valence-corrected chi connectivity index (χ2v) is 8.96. The van der Waals surface area contributed by atoms with Crippen LogP contribution in [0.5, 0.6) is 5.88 Å². The van der Waals surface area contributed by atoms with E-state index in [1.807, 2.05) is 59.6 Å². The summed E-state index contributed by atoms with van der Waals surface area (Å²) in [5, 5.41) is 9.94. The minimum atomic E-state index is -0.823. The number of methoxy groups -OCH3 is 1. The first-order chi connectivity index (χ1) is 15.4. The molecule has 0 saturated carbocycles. The molecule has 7 nitrogen and oxygen atoms in total. The van der Waals surface area contributed by atoms with E-state index in [4.69, 9.17) is 9.47 Å². The van der Waals surface area contributed by atoms with E-state index in [9.17, 15) is 9.90 Å². The number of hydrogen-bond acceptors (Lipinski definition) is 6. The van der Waals surface area contributed by atoms with Crippen molar-refractivity contribution in [3.8, 4) is 5.88 Å². The summed E-state index contributed by atoms with van der Waals surface area (Å²) in [6.07, 6.45) is 4.58. The van der Waals surface area contributed by atoms with E-state index < -0.39 is 5.60 Å². The van der Waals surface area contributed by atoms with Crippen LogP contribution >= 0.6 is 0 Å². The Morgan fingerprint density at radius 3 is 2.34 bits per heavy atom. The molecular formula is C25H35N3O4. The molecule has 2 fully saturated rings. The van der Waals surface area contributed by atoms with Crippen LogP contribution in [-0.2, 0) is 4.74 Å². The number of anilines is 1. The van der Waals surface area contributed by atoms with Crippen molar-refractivity contribution >= 4 is 11.8 Å². The number of rotatable bonds is 5. The smallest absolute Gasteiger partial charge is 0.410 e. The van der Waals surface area contributed by atoms with Crippen LogP contribution < -0.4 is 9.64 Å². The molecule has 0 spiro atoms. The molecule has 2 unspecified atom stereocenters. The highest BCUT2D eigenvalue weighted by atomic mass is 16.6. The molecule has 32 heavy (non-hydrogen) atoms. The standard InChI is InChI=1S/C19H29N3O4.C6H6/c1-19(2,24)11-16-8-10-22(18(23)26-16)15-5-4-9-21(13-15)14-6-7-17(25-3)20-12-14;1-2-4-6-5-3-1/h6-7,12,15-16,24H,4-5,8-11,13H2,1-3H3;1-6H. The van der Waals surface area contributed by atoms with Crippen LogP contribution in [0.15, 0.2) is 54.7 Å². The Kier molecular flexibility index (Phi) is 8.33. The summed E-state index contributed by atoms with van der Waals surface area (Å²) in [5.41, 5.74) is 0.219. The van der Waals surface area contributed by atoms with E-state index in [0.29, 0.717) is 18.8 Å². The zero-order chi connectivity index (χ0) is 23.0. The van der Waals surface area contributed by atoms with E-state index in [1.54, 1.807) is 21.0 Å². The van der Waals surface area contributed by atoms with Gasteiger partial charge in [-0.15, -0.1) is 0 Å². The minimum absolute atomic E-state index is 0.140. The molecule has 174 valence electrons. The van der Waals surface area contributed by atoms with Crippen LogP contribution in [0.3, 0.4) is 0 Å². The molecule has 2 aliphatic rings. The van der Waals surface area contributed by atoms with Crippen molar-refractivity contribution in [2.45, 2.75) is 57.3 Å². The lowest BCUT2D eigenvalue weighted by Gasteiger charge is -2.43. The molecule has 2 atom stereocenters. The second kappa shape index (κ2) is 11.2. The van der Waals surface area contributed by atoms with Crippen molar-refractivity contribution in [3.05, 3.63) is 54.7 Å². The Morgan fingerprint density at radius 1 is 1.12 bits per heavy atom. The number of aromatic nitrogens is 1. The van der Waals surface area contributed by atoms with Crippen LogP contribution in [0.25, 0.3) is 0 Å². The zero-order valence-corrected chi connectivity index (χ0v) is 19.3.